The number of ether oxygens (including phenoxy) is 2. The van der Waals surface area contributed by atoms with Gasteiger partial charge in [-0.2, -0.15) is 0 Å². The zero-order valence-corrected chi connectivity index (χ0v) is 15.7. The van der Waals surface area contributed by atoms with Crippen molar-refractivity contribution in [3.05, 3.63) is 35.9 Å². The number of hydrogen-bond acceptors (Lipinski definition) is 3. The van der Waals surface area contributed by atoms with Crippen molar-refractivity contribution in [2.24, 2.45) is 10.9 Å². The summed E-state index contributed by atoms with van der Waals surface area (Å²) in [5.41, 5.74) is 1.39. The number of likely N-dealkylation sites (tertiary alicyclic amines) is 1. The molecule has 1 atom stereocenters. The lowest BCUT2D eigenvalue weighted by Crippen LogP contribution is -2.40. The first-order chi connectivity index (χ1) is 12.3. The highest BCUT2D eigenvalue weighted by Gasteiger charge is 2.24. The van der Waals surface area contributed by atoms with Crippen molar-refractivity contribution in [2.75, 3.05) is 53.1 Å². The van der Waals surface area contributed by atoms with Crippen molar-refractivity contribution in [1.82, 2.24) is 10.2 Å². The molecule has 2 rings (SSSR count). The van der Waals surface area contributed by atoms with Crippen molar-refractivity contribution in [3.63, 3.8) is 0 Å². The minimum Gasteiger partial charge on any atom is -0.382 e. The summed E-state index contributed by atoms with van der Waals surface area (Å²) >= 11 is 0. The molecule has 0 aromatic heterocycles. The van der Waals surface area contributed by atoms with Crippen LogP contribution in [0, 0.1) is 5.92 Å². The van der Waals surface area contributed by atoms with Gasteiger partial charge in [0, 0.05) is 39.2 Å². The van der Waals surface area contributed by atoms with Crippen molar-refractivity contribution < 1.29 is 9.47 Å². The van der Waals surface area contributed by atoms with E-state index < -0.39 is 0 Å². The molecule has 1 aliphatic heterocycles. The van der Waals surface area contributed by atoms with Gasteiger partial charge in [-0.3, -0.25) is 4.99 Å². The van der Waals surface area contributed by atoms with Gasteiger partial charge in [0.1, 0.15) is 0 Å². The van der Waals surface area contributed by atoms with E-state index in [-0.39, 0.29) is 0 Å². The second-order valence-corrected chi connectivity index (χ2v) is 6.49. The Morgan fingerprint density at radius 1 is 1.28 bits per heavy atom. The van der Waals surface area contributed by atoms with Crippen LogP contribution < -0.4 is 5.32 Å². The maximum Gasteiger partial charge on any atom is 0.193 e. The minimum absolute atomic E-state index is 0.588. The van der Waals surface area contributed by atoms with Gasteiger partial charge in [0.25, 0.3) is 0 Å². The molecule has 1 fully saturated rings. The van der Waals surface area contributed by atoms with Crippen LogP contribution in [0.4, 0.5) is 0 Å². The quantitative estimate of drug-likeness (QED) is 0.401. The Morgan fingerprint density at radius 2 is 2.12 bits per heavy atom. The molecule has 5 heteroatoms. The fourth-order valence-electron chi connectivity index (χ4n) is 3.09. The lowest BCUT2D eigenvalue weighted by Gasteiger charge is -2.21. The molecule has 1 heterocycles. The van der Waals surface area contributed by atoms with Crippen LogP contribution in [-0.4, -0.2) is 64.0 Å². The smallest absolute Gasteiger partial charge is 0.193 e. The van der Waals surface area contributed by atoms with E-state index in [1.165, 1.54) is 12.0 Å². The first kappa shape index (κ1) is 19.7. The molecule has 1 unspecified atom stereocenters. The fourth-order valence-corrected chi connectivity index (χ4v) is 3.09. The number of hydrogen-bond donors (Lipinski definition) is 1. The van der Waals surface area contributed by atoms with Crippen LogP contribution >= 0.6 is 0 Å². The summed E-state index contributed by atoms with van der Waals surface area (Å²) in [7, 11) is 1.71. The molecule has 1 aliphatic rings. The van der Waals surface area contributed by atoms with Gasteiger partial charge in [-0.05, 0) is 31.7 Å². The molecule has 0 aliphatic carbocycles. The number of methoxy groups -OCH3 is 1. The summed E-state index contributed by atoms with van der Waals surface area (Å²) in [5, 5.41) is 3.44. The Morgan fingerprint density at radius 3 is 2.88 bits per heavy atom. The van der Waals surface area contributed by atoms with Gasteiger partial charge in [0.05, 0.1) is 19.8 Å². The van der Waals surface area contributed by atoms with Crippen molar-refractivity contribution in [3.8, 4) is 0 Å². The van der Waals surface area contributed by atoms with E-state index in [1.807, 2.05) is 0 Å². The third-order valence-electron chi connectivity index (χ3n) is 4.43. The summed E-state index contributed by atoms with van der Waals surface area (Å²) in [6, 6.07) is 10.6. The molecule has 0 spiro atoms. The molecular formula is C20H33N3O2. The predicted octanol–water partition coefficient (Wildman–Crippen LogP) is 2.57. The number of nitrogens with one attached hydrogen (secondary N) is 1. The zero-order chi connectivity index (χ0) is 17.7. The van der Waals surface area contributed by atoms with E-state index in [9.17, 15) is 0 Å². The number of guanidine groups is 1. The Balaban J connectivity index is 1.73. The second kappa shape index (κ2) is 11.9. The van der Waals surface area contributed by atoms with E-state index in [0.717, 1.165) is 51.6 Å². The average molecular weight is 348 g/mol. The number of rotatable bonds is 10. The largest absolute Gasteiger partial charge is 0.382 e. The van der Waals surface area contributed by atoms with Gasteiger partial charge >= 0.3 is 0 Å². The highest BCUT2D eigenvalue weighted by Crippen LogP contribution is 2.16. The maximum absolute atomic E-state index is 5.68. The molecule has 1 aromatic rings. The molecular weight excluding hydrogens is 314 g/mol. The van der Waals surface area contributed by atoms with Crippen LogP contribution in [0.5, 0.6) is 0 Å². The highest BCUT2D eigenvalue weighted by atomic mass is 16.5. The lowest BCUT2D eigenvalue weighted by molar-refractivity contribution is 0.0536. The van der Waals surface area contributed by atoms with E-state index in [1.54, 1.807) is 7.11 Å². The molecule has 0 bridgehead atoms. The first-order valence-electron chi connectivity index (χ1n) is 9.47. The number of aliphatic imine (C=N–C) groups is 1. The molecule has 1 N–H and O–H groups in total. The minimum atomic E-state index is 0.588. The molecule has 0 saturated carbocycles. The first-order valence-corrected chi connectivity index (χ1v) is 9.47. The molecule has 25 heavy (non-hydrogen) atoms. The average Bonchev–Trinajstić information content (AvgIpc) is 3.11. The molecule has 1 saturated heterocycles. The van der Waals surface area contributed by atoms with Crippen molar-refractivity contribution in [1.29, 1.82) is 0 Å². The predicted molar refractivity (Wildman–Crippen MR) is 103 cm³/mol. The fraction of sp³-hybridized carbons (Fsp3) is 0.650. The number of aryl methyl sites for hydroxylation is 1. The topological polar surface area (TPSA) is 46.1 Å². The molecule has 0 amide bonds. The number of benzene rings is 1. The van der Waals surface area contributed by atoms with Crippen molar-refractivity contribution in [2.45, 2.75) is 26.2 Å². The normalized spacial score (nSPS) is 17.9. The van der Waals surface area contributed by atoms with E-state index in [2.05, 4.69) is 47.5 Å². The number of nitrogens with zero attached hydrogens (tertiary/aromatic N) is 2. The third kappa shape index (κ3) is 7.45. The Bertz CT molecular complexity index is 493. The van der Waals surface area contributed by atoms with Gasteiger partial charge in [0.2, 0.25) is 0 Å². The van der Waals surface area contributed by atoms with Crippen LogP contribution in [0.1, 0.15) is 25.3 Å². The summed E-state index contributed by atoms with van der Waals surface area (Å²) in [6.45, 7) is 8.14. The summed E-state index contributed by atoms with van der Waals surface area (Å²) in [5.74, 6) is 1.64. The van der Waals surface area contributed by atoms with Crippen LogP contribution in [0.15, 0.2) is 35.3 Å². The Kier molecular flexibility index (Phi) is 9.37. The van der Waals surface area contributed by atoms with Gasteiger partial charge in [-0.1, -0.05) is 30.3 Å². The summed E-state index contributed by atoms with van der Waals surface area (Å²) in [6.07, 6.45) is 3.33. The maximum atomic E-state index is 5.68. The van der Waals surface area contributed by atoms with Gasteiger partial charge in [-0.25, -0.2) is 0 Å². The highest BCUT2D eigenvalue weighted by molar-refractivity contribution is 5.80. The van der Waals surface area contributed by atoms with E-state index >= 15 is 0 Å². The van der Waals surface area contributed by atoms with Crippen LogP contribution in [0.3, 0.4) is 0 Å². The van der Waals surface area contributed by atoms with Crippen LogP contribution in [-0.2, 0) is 15.9 Å². The summed E-state index contributed by atoms with van der Waals surface area (Å²) < 4.78 is 10.7. The van der Waals surface area contributed by atoms with Gasteiger partial charge in [0.15, 0.2) is 5.96 Å². The third-order valence-corrected chi connectivity index (χ3v) is 4.43. The van der Waals surface area contributed by atoms with E-state index in [4.69, 9.17) is 14.5 Å². The standard InChI is InChI=1S/C20H33N3O2/c1-3-21-20(22-12-7-10-18-8-5-4-6-9-18)23-13-11-19(16-23)17-25-15-14-24-2/h4-6,8-9,19H,3,7,10-17H2,1-2H3,(H,21,22). The monoisotopic (exact) mass is 347 g/mol. The lowest BCUT2D eigenvalue weighted by atomic mass is 10.1. The van der Waals surface area contributed by atoms with Gasteiger partial charge in [-0.15, -0.1) is 0 Å². The molecule has 5 nitrogen and oxygen atoms in total. The second-order valence-electron chi connectivity index (χ2n) is 6.49. The molecule has 0 radical (unpaired) electrons. The van der Waals surface area contributed by atoms with Crippen LogP contribution in [0.2, 0.25) is 0 Å². The Labute approximate surface area is 152 Å². The van der Waals surface area contributed by atoms with E-state index in [0.29, 0.717) is 19.1 Å². The Hall–Kier alpha value is -1.59. The molecule has 140 valence electrons. The van der Waals surface area contributed by atoms with Crippen molar-refractivity contribution >= 4 is 5.96 Å². The van der Waals surface area contributed by atoms with Crippen LogP contribution in [0.25, 0.3) is 0 Å². The summed E-state index contributed by atoms with van der Waals surface area (Å²) in [4.78, 5) is 7.20. The SMILES string of the molecule is CCNC(=NCCCc1ccccc1)N1CCC(COCCOC)C1. The molecule has 1 aromatic carbocycles. The zero-order valence-electron chi connectivity index (χ0n) is 15.7. The van der Waals surface area contributed by atoms with Gasteiger partial charge < -0.3 is 19.7 Å².